The number of hydrogen-bond donors (Lipinski definition) is 0. The molecule has 1 fully saturated rings. The second-order valence-electron chi connectivity index (χ2n) is 6.34. The number of nitrogens with zero attached hydrogens (tertiary/aromatic N) is 5. The van der Waals surface area contributed by atoms with E-state index in [9.17, 15) is 4.79 Å². The normalized spacial score (nSPS) is 19.4. The second kappa shape index (κ2) is 7.19. The number of carbonyl (C=O) groups is 1. The predicted octanol–water partition coefficient (Wildman–Crippen LogP) is 1.15. The van der Waals surface area contributed by atoms with Crippen LogP contribution in [0.3, 0.4) is 0 Å². The topological polar surface area (TPSA) is 91.6 Å². The van der Waals surface area contributed by atoms with Gasteiger partial charge in [0.05, 0.1) is 20.3 Å². The van der Waals surface area contributed by atoms with Crippen LogP contribution in [0.4, 0.5) is 0 Å². The van der Waals surface area contributed by atoms with Crippen molar-refractivity contribution in [2.24, 2.45) is 0 Å². The zero-order valence-corrected chi connectivity index (χ0v) is 14.6. The molecule has 138 valence electrons. The van der Waals surface area contributed by atoms with Crippen molar-refractivity contribution >= 4 is 5.91 Å². The number of aromatic nitrogens is 4. The maximum atomic E-state index is 12.8. The number of ether oxygens (including phenoxy) is 3. The number of amides is 1. The largest absolute Gasteiger partial charge is 0.480 e. The summed E-state index contributed by atoms with van der Waals surface area (Å²) in [4.78, 5) is 14.6. The van der Waals surface area contributed by atoms with Gasteiger partial charge in [-0.15, -0.1) is 10.2 Å². The Labute approximate surface area is 150 Å². The summed E-state index contributed by atoms with van der Waals surface area (Å²) < 4.78 is 18.2. The van der Waals surface area contributed by atoms with E-state index in [2.05, 4.69) is 15.3 Å². The molecule has 1 unspecified atom stereocenters. The lowest BCUT2D eigenvalue weighted by Gasteiger charge is -2.32. The van der Waals surface area contributed by atoms with Crippen molar-refractivity contribution in [1.29, 1.82) is 0 Å². The first kappa shape index (κ1) is 16.6. The van der Waals surface area contributed by atoms with Gasteiger partial charge < -0.3 is 19.1 Å². The van der Waals surface area contributed by atoms with Crippen LogP contribution in [0.2, 0.25) is 0 Å². The maximum Gasteiger partial charge on any atom is 0.274 e. The standard InChI is InChI=1S/C17H21N5O4/c1-24-14-5-6-15(19-18-14)26-12-4-2-7-21(11-12)17(23)13-10-16-22(20-13)8-3-9-25-16/h5-6,10,12H,2-4,7-9,11H2,1H3. The second-order valence-corrected chi connectivity index (χ2v) is 6.34. The van der Waals surface area contributed by atoms with Gasteiger partial charge in [0.25, 0.3) is 5.91 Å². The van der Waals surface area contributed by atoms with Gasteiger partial charge >= 0.3 is 0 Å². The summed E-state index contributed by atoms with van der Waals surface area (Å²) in [6.45, 7) is 2.64. The molecule has 0 spiro atoms. The molecule has 0 aliphatic carbocycles. The van der Waals surface area contributed by atoms with Gasteiger partial charge in [-0.05, 0) is 12.8 Å². The van der Waals surface area contributed by atoms with Crippen LogP contribution in [-0.4, -0.2) is 63.7 Å². The van der Waals surface area contributed by atoms with Crippen LogP contribution in [0, 0.1) is 0 Å². The molecule has 2 aliphatic rings. The average molecular weight is 359 g/mol. The SMILES string of the molecule is COc1ccc(OC2CCCN(C(=O)c3cc4n(n3)CCCO4)C2)nn1. The summed E-state index contributed by atoms with van der Waals surface area (Å²) in [7, 11) is 1.54. The predicted molar refractivity (Wildman–Crippen MR) is 90.5 cm³/mol. The van der Waals surface area contributed by atoms with Gasteiger partial charge in [0, 0.05) is 37.7 Å². The molecule has 1 saturated heterocycles. The number of carbonyl (C=O) groups excluding carboxylic acids is 1. The minimum Gasteiger partial charge on any atom is -0.480 e. The van der Waals surface area contributed by atoms with Crippen molar-refractivity contribution in [2.45, 2.75) is 31.9 Å². The van der Waals surface area contributed by atoms with Crippen LogP contribution < -0.4 is 14.2 Å². The van der Waals surface area contributed by atoms with Gasteiger partial charge in [-0.25, -0.2) is 4.68 Å². The Bertz CT molecular complexity index is 752. The van der Waals surface area contributed by atoms with Crippen LogP contribution in [0.25, 0.3) is 0 Å². The van der Waals surface area contributed by atoms with Gasteiger partial charge in [0.15, 0.2) is 5.69 Å². The Morgan fingerprint density at radius 1 is 1.23 bits per heavy atom. The highest BCUT2D eigenvalue weighted by Crippen LogP contribution is 2.22. The molecule has 0 radical (unpaired) electrons. The minimum absolute atomic E-state index is 0.0929. The van der Waals surface area contributed by atoms with Crippen LogP contribution in [0.5, 0.6) is 17.6 Å². The summed E-state index contributed by atoms with van der Waals surface area (Å²) in [5, 5.41) is 12.3. The van der Waals surface area contributed by atoms with Crippen LogP contribution in [0.1, 0.15) is 29.8 Å². The molecule has 9 heteroatoms. The molecule has 2 aromatic heterocycles. The van der Waals surface area contributed by atoms with E-state index < -0.39 is 0 Å². The number of aryl methyl sites for hydroxylation is 1. The third-order valence-corrected chi connectivity index (χ3v) is 4.50. The summed E-state index contributed by atoms with van der Waals surface area (Å²) in [5.41, 5.74) is 0.423. The summed E-state index contributed by atoms with van der Waals surface area (Å²) in [6.07, 6.45) is 2.51. The number of fused-ring (bicyclic) bond motifs is 1. The summed E-state index contributed by atoms with van der Waals surface area (Å²) >= 11 is 0. The molecule has 2 aliphatic heterocycles. The summed E-state index contributed by atoms with van der Waals surface area (Å²) in [6, 6.07) is 5.14. The van der Waals surface area contributed by atoms with Crippen LogP contribution >= 0.6 is 0 Å². The molecular weight excluding hydrogens is 338 g/mol. The van der Waals surface area contributed by atoms with Crippen molar-refractivity contribution in [2.75, 3.05) is 26.8 Å². The first-order valence-corrected chi connectivity index (χ1v) is 8.77. The smallest absolute Gasteiger partial charge is 0.274 e. The van der Waals surface area contributed by atoms with Gasteiger partial charge in [-0.2, -0.15) is 5.10 Å². The number of piperidine rings is 1. The molecule has 4 rings (SSSR count). The van der Waals surface area contributed by atoms with Crippen molar-refractivity contribution < 1.29 is 19.0 Å². The Morgan fingerprint density at radius 3 is 2.85 bits per heavy atom. The van der Waals surface area contributed by atoms with E-state index in [1.54, 1.807) is 27.8 Å². The van der Waals surface area contributed by atoms with E-state index in [1.165, 1.54) is 7.11 Å². The molecule has 2 aromatic rings. The lowest BCUT2D eigenvalue weighted by atomic mass is 10.1. The van der Waals surface area contributed by atoms with E-state index in [0.29, 0.717) is 43.0 Å². The van der Waals surface area contributed by atoms with Crippen molar-refractivity contribution in [3.63, 3.8) is 0 Å². The van der Waals surface area contributed by atoms with Gasteiger partial charge in [0.2, 0.25) is 17.6 Å². The van der Waals surface area contributed by atoms with Crippen LogP contribution in [0.15, 0.2) is 18.2 Å². The zero-order valence-electron chi connectivity index (χ0n) is 14.6. The number of rotatable bonds is 4. The highest BCUT2D eigenvalue weighted by Gasteiger charge is 2.28. The minimum atomic E-state index is -0.121. The lowest BCUT2D eigenvalue weighted by Crippen LogP contribution is -2.44. The van der Waals surface area contributed by atoms with Gasteiger partial charge in [0.1, 0.15) is 6.10 Å². The quantitative estimate of drug-likeness (QED) is 0.808. The molecule has 0 N–H and O–H groups in total. The molecule has 9 nitrogen and oxygen atoms in total. The third kappa shape index (κ3) is 3.42. The number of hydrogen-bond acceptors (Lipinski definition) is 7. The van der Waals surface area contributed by atoms with E-state index >= 15 is 0 Å². The van der Waals surface area contributed by atoms with Gasteiger partial charge in [-0.3, -0.25) is 4.79 Å². The van der Waals surface area contributed by atoms with Crippen molar-refractivity contribution in [3.05, 3.63) is 23.9 Å². The first-order valence-electron chi connectivity index (χ1n) is 8.77. The Balaban J connectivity index is 1.40. The highest BCUT2D eigenvalue weighted by atomic mass is 16.5. The fraction of sp³-hybridized carbons (Fsp3) is 0.529. The monoisotopic (exact) mass is 359 g/mol. The average Bonchev–Trinajstić information content (AvgIpc) is 3.12. The van der Waals surface area contributed by atoms with E-state index in [0.717, 1.165) is 25.8 Å². The number of likely N-dealkylation sites (tertiary alicyclic amines) is 1. The molecule has 1 atom stereocenters. The fourth-order valence-corrected chi connectivity index (χ4v) is 3.20. The molecule has 26 heavy (non-hydrogen) atoms. The molecule has 0 aromatic carbocycles. The zero-order chi connectivity index (χ0) is 17.9. The maximum absolute atomic E-state index is 12.8. The van der Waals surface area contributed by atoms with E-state index in [1.807, 2.05) is 0 Å². The molecule has 0 bridgehead atoms. The van der Waals surface area contributed by atoms with E-state index in [-0.39, 0.29) is 12.0 Å². The Morgan fingerprint density at radius 2 is 2.08 bits per heavy atom. The van der Waals surface area contributed by atoms with Crippen molar-refractivity contribution in [3.8, 4) is 17.6 Å². The first-order chi connectivity index (χ1) is 12.7. The number of methoxy groups -OCH3 is 1. The Kier molecular flexibility index (Phi) is 4.59. The van der Waals surface area contributed by atoms with Crippen LogP contribution in [-0.2, 0) is 6.54 Å². The highest BCUT2D eigenvalue weighted by molar-refractivity contribution is 5.92. The lowest BCUT2D eigenvalue weighted by molar-refractivity contribution is 0.0519. The summed E-state index contributed by atoms with van der Waals surface area (Å²) in [5.74, 6) is 1.43. The fourth-order valence-electron chi connectivity index (χ4n) is 3.20. The Hall–Kier alpha value is -2.84. The van der Waals surface area contributed by atoms with Gasteiger partial charge in [-0.1, -0.05) is 0 Å². The molecular formula is C17H21N5O4. The molecule has 4 heterocycles. The third-order valence-electron chi connectivity index (χ3n) is 4.50. The van der Waals surface area contributed by atoms with Crippen molar-refractivity contribution in [1.82, 2.24) is 24.9 Å². The molecule has 1 amide bonds. The molecule has 0 saturated carbocycles. The van der Waals surface area contributed by atoms with E-state index in [4.69, 9.17) is 14.2 Å².